The number of nitrogens with zero attached hydrogens (tertiary/aromatic N) is 2. The van der Waals surface area contributed by atoms with E-state index < -0.39 is 0 Å². The molecule has 1 aromatic carbocycles. The van der Waals surface area contributed by atoms with Gasteiger partial charge in [0, 0.05) is 6.20 Å². The molecule has 2 aromatic rings. The smallest absolute Gasteiger partial charge is 0.145 e. The zero-order chi connectivity index (χ0) is 10.7. The van der Waals surface area contributed by atoms with Gasteiger partial charge in [-0.1, -0.05) is 31.2 Å². The maximum absolute atomic E-state index is 5.56. The monoisotopic (exact) mass is 201 g/mol. The molecule has 0 aliphatic rings. The first-order valence-corrected chi connectivity index (χ1v) is 5.14. The van der Waals surface area contributed by atoms with Gasteiger partial charge in [-0.05, 0) is 23.6 Å². The van der Waals surface area contributed by atoms with Crippen molar-refractivity contribution in [3.05, 3.63) is 47.7 Å². The summed E-state index contributed by atoms with van der Waals surface area (Å²) in [5.41, 5.74) is 8.17. The largest absolute Gasteiger partial charge is 0.382 e. The van der Waals surface area contributed by atoms with E-state index in [4.69, 9.17) is 5.73 Å². The highest BCUT2D eigenvalue weighted by Crippen LogP contribution is 2.08. The van der Waals surface area contributed by atoms with E-state index >= 15 is 0 Å². The van der Waals surface area contributed by atoms with Crippen LogP contribution >= 0.6 is 0 Å². The number of hydrogen-bond acceptors (Lipinski definition) is 2. The number of aryl methyl sites for hydroxylation is 1. The van der Waals surface area contributed by atoms with E-state index in [-0.39, 0.29) is 0 Å². The maximum atomic E-state index is 5.56. The highest BCUT2D eigenvalue weighted by molar-refractivity contribution is 5.26. The molecule has 0 bridgehead atoms. The van der Waals surface area contributed by atoms with Crippen molar-refractivity contribution in [1.29, 1.82) is 0 Å². The van der Waals surface area contributed by atoms with Gasteiger partial charge in [0.2, 0.25) is 0 Å². The number of benzene rings is 1. The number of rotatable bonds is 3. The third kappa shape index (κ3) is 2.37. The fourth-order valence-corrected chi connectivity index (χ4v) is 1.60. The molecule has 1 aromatic heterocycles. The van der Waals surface area contributed by atoms with Crippen molar-refractivity contribution in [2.45, 2.75) is 19.9 Å². The number of nitrogens with two attached hydrogens (primary N) is 1. The summed E-state index contributed by atoms with van der Waals surface area (Å²) < 4.78 is 1.85. The van der Waals surface area contributed by atoms with Crippen LogP contribution in [0.15, 0.2) is 36.5 Å². The van der Waals surface area contributed by atoms with Gasteiger partial charge in [-0.2, -0.15) is 5.10 Å². The van der Waals surface area contributed by atoms with E-state index in [9.17, 15) is 0 Å². The molecular weight excluding hydrogens is 186 g/mol. The minimum absolute atomic E-state index is 0.571. The molecule has 0 unspecified atom stereocenters. The predicted octanol–water partition coefficient (Wildman–Crippen LogP) is 2.08. The normalized spacial score (nSPS) is 10.5. The lowest BCUT2D eigenvalue weighted by atomic mass is 10.1. The van der Waals surface area contributed by atoms with Crippen LogP contribution in [0.2, 0.25) is 0 Å². The predicted molar refractivity (Wildman–Crippen MR) is 61.6 cm³/mol. The Morgan fingerprint density at radius 2 is 2.07 bits per heavy atom. The van der Waals surface area contributed by atoms with Crippen molar-refractivity contribution >= 4 is 5.82 Å². The maximum Gasteiger partial charge on any atom is 0.145 e. The van der Waals surface area contributed by atoms with Crippen LogP contribution in [0.25, 0.3) is 0 Å². The van der Waals surface area contributed by atoms with Crippen LogP contribution in [-0.2, 0) is 13.0 Å². The molecule has 1 heterocycles. The Hall–Kier alpha value is -1.77. The Balaban J connectivity index is 2.16. The van der Waals surface area contributed by atoms with E-state index in [1.807, 2.05) is 16.9 Å². The van der Waals surface area contributed by atoms with Gasteiger partial charge in [0.25, 0.3) is 0 Å². The molecule has 0 saturated heterocycles. The summed E-state index contributed by atoms with van der Waals surface area (Å²) in [4.78, 5) is 0. The molecule has 0 saturated carbocycles. The molecule has 0 amide bonds. The third-order valence-corrected chi connectivity index (χ3v) is 2.41. The molecule has 0 aliphatic heterocycles. The Morgan fingerprint density at radius 1 is 1.27 bits per heavy atom. The average Bonchev–Trinajstić information content (AvgIpc) is 2.64. The number of aromatic nitrogens is 2. The minimum Gasteiger partial charge on any atom is -0.382 e. The number of nitrogen functional groups attached to an aromatic ring is 1. The third-order valence-electron chi connectivity index (χ3n) is 2.41. The number of anilines is 1. The summed E-state index contributed by atoms with van der Waals surface area (Å²) in [6.07, 6.45) is 2.96. The SMILES string of the molecule is CCc1cccc(Cn2ccc(N)n2)c1. The van der Waals surface area contributed by atoms with Gasteiger partial charge in [-0.25, -0.2) is 0 Å². The van der Waals surface area contributed by atoms with Gasteiger partial charge in [0.1, 0.15) is 5.82 Å². The molecule has 15 heavy (non-hydrogen) atoms. The molecular formula is C12H15N3. The second kappa shape index (κ2) is 4.17. The number of hydrogen-bond donors (Lipinski definition) is 1. The molecule has 2 rings (SSSR count). The molecule has 0 radical (unpaired) electrons. The van der Waals surface area contributed by atoms with Gasteiger partial charge in [-0.15, -0.1) is 0 Å². The van der Waals surface area contributed by atoms with Crippen molar-refractivity contribution < 1.29 is 0 Å². The minimum atomic E-state index is 0.571. The summed E-state index contributed by atoms with van der Waals surface area (Å²) in [5.74, 6) is 0.571. The van der Waals surface area contributed by atoms with Crippen LogP contribution < -0.4 is 5.73 Å². The first kappa shape index (κ1) is 9.77. The Bertz CT molecular complexity index is 446. The van der Waals surface area contributed by atoms with Crippen LogP contribution in [0.4, 0.5) is 5.82 Å². The van der Waals surface area contributed by atoms with Crippen LogP contribution in [0.5, 0.6) is 0 Å². The fourth-order valence-electron chi connectivity index (χ4n) is 1.60. The Labute approximate surface area is 89.5 Å². The molecule has 78 valence electrons. The van der Waals surface area contributed by atoms with Crippen LogP contribution in [0.3, 0.4) is 0 Å². The van der Waals surface area contributed by atoms with Gasteiger partial charge >= 0.3 is 0 Å². The van der Waals surface area contributed by atoms with E-state index in [1.165, 1.54) is 11.1 Å². The zero-order valence-corrected chi connectivity index (χ0v) is 8.85. The average molecular weight is 201 g/mol. The zero-order valence-electron chi connectivity index (χ0n) is 8.85. The summed E-state index contributed by atoms with van der Waals surface area (Å²) in [6.45, 7) is 2.94. The van der Waals surface area contributed by atoms with Crippen molar-refractivity contribution in [2.75, 3.05) is 5.73 Å². The summed E-state index contributed by atoms with van der Waals surface area (Å²) >= 11 is 0. The van der Waals surface area contributed by atoms with Crippen molar-refractivity contribution in [1.82, 2.24) is 9.78 Å². The summed E-state index contributed by atoms with van der Waals surface area (Å²) in [5, 5.41) is 4.16. The lowest BCUT2D eigenvalue weighted by molar-refractivity contribution is 0.689. The lowest BCUT2D eigenvalue weighted by Gasteiger charge is -2.03. The summed E-state index contributed by atoms with van der Waals surface area (Å²) in [7, 11) is 0. The lowest BCUT2D eigenvalue weighted by Crippen LogP contribution is -2.01. The molecule has 0 fully saturated rings. The van der Waals surface area contributed by atoms with Gasteiger partial charge in [0.15, 0.2) is 0 Å². The van der Waals surface area contributed by atoms with Crippen LogP contribution in [0.1, 0.15) is 18.1 Å². The van der Waals surface area contributed by atoms with E-state index in [0.29, 0.717) is 5.82 Å². The van der Waals surface area contributed by atoms with Crippen LogP contribution in [-0.4, -0.2) is 9.78 Å². The molecule has 0 atom stereocenters. The first-order valence-electron chi connectivity index (χ1n) is 5.14. The van der Waals surface area contributed by atoms with E-state index in [1.54, 1.807) is 0 Å². The first-order chi connectivity index (χ1) is 7.28. The van der Waals surface area contributed by atoms with Gasteiger partial charge < -0.3 is 5.73 Å². The molecule has 3 nitrogen and oxygen atoms in total. The van der Waals surface area contributed by atoms with E-state index in [2.05, 4.69) is 36.3 Å². The highest BCUT2D eigenvalue weighted by atomic mass is 15.3. The fraction of sp³-hybridized carbons (Fsp3) is 0.250. The second-order valence-corrected chi connectivity index (χ2v) is 3.61. The summed E-state index contributed by atoms with van der Waals surface area (Å²) in [6, 6.07) is 10.3. The van der Waals surface area contributed by atoms with Crippen molar-refractivity contribution in [3.63, 3.8) is 0 Å². The van der Waals surface area contributed by atoms with Crippen LogP contribution in [0, 0.1) is 0 Å². The van der Waals surface area contributed by atoms with Crippen molar-refractivity contribution in [2.24, 2.45) is 0 Å². The quantitative estimate of drug-likeness (QED) is 0.826. The van der Waals surface area contributed by atoms with Gasteiger partial charge in [-0.3, -0.25) is 4.68 Å². The van der Waals surface area contributed by atoms with E-state index in [0.717, 1.165) is 13.0 Å². The standard InChI is InChI=1S/C12H15N3/c1-2-10-4-3-5-11(8-10)9-15-7-6-12(13)14-15/h3-8H,2,9H2,1H3,(H2,13,14). The van der Waals surface area contributed by atoms with Crippen molar-refractivity contribution in [3.8, 4) is 0 Å². The molecule has 0 aliphatic carbocycles. The molecule has 2 N–H and O–H groups in total. The van der Waals surface area contributed by atoms with Gasteiger partial charge in [0.05, 0.1) is 6.54 Å². The Kier molecular flexibility index (Phi) is 2.72. The second-order valence-electron chi connectivity index (χ2n) is 3.61. The molecule has 3 heteroatoms. The topological polar surface area (TPSA) is 43.8 Å². The molecule has 0 spiro atoms. The Morgan fingerprint density at radius 3 is 2.73 bits per heavy atom. The highest BCUT2D eigenvalue weighted by Gasteiger charge is 1.97.